The normalized spacial score (nSPS) is 16.8. The molecule has 3 aliphatic carbocycles. The maximum atomic E-state index is 14.3. The largest absolute Gasteiger partial charge is 0.497 e. The van der Waals surface area contributed by atoms with E-state index in [1.807, 2.05) is 41.0 Å². The van der Waals surface area contributed by atoms with Gasteiger partial charge in [-0.05, 0) is 108 Å². The number of nitrogens with two attached hydrogens (primary N) is 1. The number of halogens is 1. The van der Waals surface area contributed by atoms with E-state index in [0.29, 0.717) is 45.4 Å². The van der Waals surface area contributed by atoms with Gasteiger partial charge in [-0.2, -0.15) is 0 Å². The van der Waals surface area contributed by atoms with Crippen LogP contribution in [-0.4, -0.2) is 48.0 Å². The average molecular weight is 750 g/mol. The number of imidazole rings is 1. The number of fused-ring (bicyclic) bond motifs is 1. The van der Waals surface area contributed by atoms with Crippen LogP contribution in [-0.2, 0) is 24.2 Å². The van der Waals surface area contributed by atoms with Gasteiger partial charge < -0.3 is 35.3 Å². The van der Waals surface area contributed by atoms with Gasteiger partial charge in [-0.25, -0.2) is 4.98 Å². The second-order valence-electron chi connectivity index (χ2n) is 13.0. The molecular weight excluding hydrogens is 708 g/mol. The molecule has 2 saturated carbocycles. The highest BCUT2D eigenvalue weighted by Crippen LogP contribution is 2.43. The molecule has 0 aliphatic heterocycles. The number of ether oxygens (including phenoxy) is 2. The molecule has 2 fully saturated rings. The van der Waals surface area contributed by atoms with Gasteiger partial charge in [0.2, 0.25) is 5.91 Å². The number of anilines is 3. The zero-order chi connectivity index (χ0) is 34.2. The van der Waals surface area contributed by atoms with E-state index in [4.69, 9.17) is 15.2 Å². The van der Waals surface area contributed by atoms with Crippen molar-refractivity contribution in [2.24, 2.45) is 11.8 Å². The predicted octanol–water partition coefficient (Wildman–Crippen LogP) is 6.62. The van der Waals surface area contributed by atoms with Crippen LogP contribution in [0.3, 0.4) is 0 Å². The van der Waals surface area contributed by atoms with Gasteiger partial charge in [-0.3, -0.25) is 14.4 Å². The molecule has 3 amide bonds. The van der Waals surface area contributed by atoms with Crippen LogP contribution < -0.4 is 30.7 Å². The smallest absolute Gasteiger partial charge is 0.281 e. The number of amides is 3. The van der Waals surface area contributed by atoms with Crippen molar-refractivity contribution < 1.29 is 25.3 Å². The topological polar surface area (TPSA) is 141 Å². The number of benzene rings is 2. The highest BCUT2D eigenvalue weighted by atomic mass is 79.9. The number of carbonyl (C=O) groups is 3. The van der Waals surface area contributed by atoms with Crippen molar-refractivity contribution in [3.05, 3.63) is 80.5 Å². The summed E-state index contributed by atoms with van der Waals surface area (Å²) in [4.78, 5) is 48.0. The Bertz CT molecular complexity index is 1910. The predicted molar refractivity (Wildman–Crippen MR) is 195 cm³/mol. The molecule has 13 heteroatoms. The lowest BCUT2D eigenvalue weighted by Crippen LogP contribution is -2.32. The third-order valence-electron chi connectivity index (χ3n) is 9.51. The molecule has 2 aromatic carbocycles. The number of hydrogen-bond acceptors (Lipinski definition) is 8. The number of aromatic nitrogens is 2. The Balaban J connectivity index is 0.00000432. The molecule has 0 radical (unpaired) electrons. The summed E-state index contributed by atoms with van der Waals surface area (Å²) in [6.45, 7) is 0.899. The number of nitrogens with one attached hydrogen (secondary N) is 2. The van der Waals surface area contributed by atoms with E-state index >= 15 is 0 Å². The Morgan fingerprint density at radius 2 is 1.80 bits per heavy atom. The second-order valence-corrected chi connectivity index (χ2v) is 14.9. The van der Waals surface area contributed by atoms with Crippen molar-refractivity contribution >= 4 is 61.5 Å². The monoisotopic (exact) mass is 748 g/mol. The van der Waals surface area contributed by atoms with E-state index in [1.165, 1.54) is 11.3 Å². The Kier molecular flexibility index (Phi) is 9.38. The summed E-state index contributed by atoms with van der Waals surface area (Å²) in [5.74, 6) is 1.67. The molecule has 3 aliphatic rings. The maximum absolute atomic E-state index is 14.3. The summed E-state index contributed by atoms with van der Waals surface area (Å²) in [7, 11) is 3.20. The molecule has 4 aromatic rings. The number of hydrogen-bond donors (Lipinski definition) is 3. The Labute approximate surface area is 298 Å². The number of aryl methyl sites for hydroxylation is 1. The summed E-state index contributed by atoms with van der Waals surface area (Å²) < 4.78 is 13.2. The van der Waals surface area contributed by atoms with Gasteiger partial charge in [0.05, 0.1) is 38.3 Å². The van der Waals surface area contributed by atoms with Crippen LogP contribution in [0.15, 0.2) is 53.3 Å². The fourth-order valence-corrected chi connectivity index (χ4v) is 8.12. The molecule has 11 nitrogen and oxygen atoms in total. The standard InChI is InChI=1S/C36H39BrN6O5S.H2/c1-47-24-10-5-21(6-11-24)18-42(28-13-12-25(48-2)16-27(28)37)36(46)31-32(38)43(19-40-31)23-9-14-29-26(15-23)30(34(45)39-17-20-3-4-20)35(49-29)41-33(44)22-7-8-22;/h5-6,10-13,16,19-20,22-23H,3-4,7-9,14-15,17-18,38H2,1-2H3,(H,39,45)(H,41,44);1H/t23-;/m0./s1. The quantitative estimate of drug-likeness (QED) is 0.148. The van der Waals surface area contributed by atoms with E-state index in [1.54, 1.807) is 31.5 Å². The van der Waals surface area contributed by atoms with Crippen molar-refractivity contribution in [3.8, 4) is 11.5 Å². The fraction of sp³-hybridized carbons (Fsp3) is 0.389. The molecule has 2 aromatic heterocycles. The summed E-state index contributed by atoms with van der Waals surface area (Å²) >= 11 is 5.13. The number of rotatable bonds is 12. The lowest BCUT2D eigenvalue weighted by atomic mass is 9.91. The van der Waals surface area contributed by atoms with E-state index in [0.717, 1.165) is 60.3 Å². The minimum Gasteiger partial charge on any atom is -0.497 e. The summed E-state index contributed by atoms with van der Waals surface area (Å²) in [5.41, 5.74) is 9.92. The molecule has 0 unspecified atom stereocenters. The zero-order valence-corrected chi connectivity index (χ0v) is 29.9. The third kappa shape index (κ3) is 7.04. The molecule has 4 N–H and O–H groups in total. The molecule has 49 heavy (non-hydrogen) atoms. The van der Waals surface area contributed by atoms with Crippen LogP contribution in [0.5, 0.6) is 11.5 Å². The first-order valence-corrected chi connectivity index (χ1v) is 18.2. The van der Waals surface area contributed by atoms with Crippen molar-refractivity contribution in [1.29, 1.82) is 0 Å². The number of methoxy groups -OCH3 is 2. The third-order valence-corrected chi connectivity index (χ3v) is 11.4. The molecule has 258 valence electrons. The maximum Gasteiger partial charge on any atom is 0.281 e. The van der Waals surface area contributed by atoms with Crippen molar-refractivity contribution in [2.75, 3.05) is 36.7 Å². The van der Waals surface area contributed by atoms with Crippen molar-refractivity contribution in [1.82, 2.24) is 14.9 Å². The summed E-state index contributed by atoms with van der Waals surface area (Å²) in [5, 5.41) is 6.81. The molecule has 1 atom stereocenters. The van der Waals surface area contributed by atoms with Gasteiger partial charge in [0.1, 0.15) is 22.3 Å². The second kappa shape index (κ2) is 13.9. The van der Waals surface area contributed by atoms with Gasteiger partial charge >= 0.3 is 0 Å². The molecule has 0 spiro atoms. The van der Waals surface area contributed by atoms with Gasteiger partial charge in [-0.15, -0.1) is 11.3 Å². The Hall–Kier alpha value is -4.36. The molecule has 0 saturated heterocycles. The highest BCUT2D eigenvalue weighted by molar-refractivity contribution is 9.10. The zero-order valence-electron chi connectivity index (χ0n) is 27.5. The van der Waals surface area contributed by atoms with E-state index in [9.17, 15) is 14.4 Å². The van der Waals surface area contributed by atoms with Crippen molar-refractivity contribution in [2.45, 2.75) is 57.5 Å². The first kappa shape index (κ1) is 33.2. The number of carbonyl (C=O) groups excluding carboxylic acids is 3. The van der Waals surface area contributed by atoms with Crippen LogP contribution in [0.1, 0.15) is 76.4 Å². The van der Waals surface area contributed by atoms with Crippen LogP contribution in [0.2, 0.25) is 0 Å². The van der Waals surface area contributed by atoms with Crippen LogP contribution in [0.25, 0.3) is 0 Å². The SMILES string of the molecule is COc1ccc(CN(C(=O)c2ncn([C@H]3CCc4sc(NC(=O)C5CC5)c(C(=O)NCC5CC5)c4C3)c2N)c2ccc(OC)cc2Br)cc1.[HH]. The lowest BCUT2D eigenvalue weighted by Gasteiger charge is -2.26. The van der Waals surface area contributed by atoms with Gasteiger partial charge in [0, 0.05) is 29.3 Å². The van der Waals surface area contributed by atoms with Crippen LogP contribution >= 0.6 is 27.3 Å². The highest BCUT2D eigenvalue weighted by Gasteiger charge is 2.36. The van der Waals surface area contributed by atoms with E-state index < -0.39 is 0 Å². The minimum atomic E-state index is -0.352. The molecular formula is C36H41BrN6O5S. The van der Waals surface area contributed by atoms with Gasteiger partial charge in [0.15, 0.2) is 5.69 Å². The molecule has 2 heterocycles. The van der Waals surface area contributed by atoms with Crippen LogP contribution in [0, 0.1) is 11.8 Å². The average Bonchev–Trinajstić information content (AvgIpc) is 4.05. The first-order valence-electron chi connectivity index (χ1n) is 16.6. The van der Waals surface area contributed by atoms with E-state index in [-0.39, 0.29) is 49.2 Å². The number of nitrogen functional groups attached to an aromatic ring is 1. The fourth-order valence-electron chi connectivity index (χ4n) is 6.31. The van der Waals surface area contributed by atoms with Crippen LogP contribution in [0.4, 0.5) is 16.5 Å². The lowest BCUT2D eigenvalue weighted by molar-refractivity contribution is -0.117. The molecule has 0 bridgehead atoms. The first-order chi connectivity index (χ1) is 23.7. The number of nitrogens with zero attached hydrogens (tertiary/aromatic N) is 3. The Morgan fingerprint density at radius 1 is 1.06 bits per heavy atom. The molecule has 7 rings (SSSR count). The number of thiophene rings is 1. The minimum absolute atomic E-state index is 0. The summed E-state index contributed by atoms with van der Waals surface area (Å²) in [6.07, 6.45) is 7.66. The van der Waals surface area contributed by atoms with Gasteiger partial charge in [0.25, 0.3) is 11.8 Å². The van der Waals surface area contributed by atoms with Crippen molar-refractivity contribution in [3.63, 3.8) is 0 Å². The van der Waals surface area contributed by atoms with E-state index in [2.05, 4.69) is 31.5 Å². The van der Waals surface area contributed by atoms with Gasteiger partial charge in [-0.1, -0.05) is 12.1 Å². The Morgan fingerprint density at radius 3 is 2.47 bits per heavy atom. The summed E-state index contributed by atoms with van der Waals surface area (Å²) in [6, 6.07) is 12.9.